The summed E-state index contributed by atoms with van der Waals surface area (Å²) in [5, 5.41) is 4.01. The third-order valence-electron chi connectivity index (χ3n) is 3.58. The van der Waals surface area contributed by atoms with Crippen molar-refractivity contribution in [1.82, 2.24) is 10.1 Å². The Balaban J connectivity index is 1.64. The minimum Gasteiger partial charge on any atom is -0.482 e. The van der Waals surface area contributed by atoms with Gasteiger partial charge < -0.3 is 15.0 Å². The summed E-state index contributed by atoms with van der Waals surface area (Å²) < 4.78 is 10.8. The topological polar surface area (TPSA) is 74.2 Å². The van der Waals surface area contributed by atoms with E-state index >= 15 is 0 Å². The summed E-state index contributed by atoms with van der Waals surface area (Å²) in [5.41, 5.74) is 6.69. The number of ether oxygens (including phenoxy) is 1. The van der Waals surface area contributed by atoms with Gasteiger partial charge in [0.1, 0.15) is 5.75 Å². The maximum atomic E-state index is 5.79. The van der Waals surface area contributed by atoms with Crippen LogP contribution in [0.4, 0.5) is 5.69 Å². The van der Waals surface area contributed by atoms with Crippen LogP contribution < -0.4 is 10.5 Å². The Bertz CT molecular complexity index is 592. The van der Waals surface area contributed by atoms with E-state index in [0.29, 0.717) is 28.7 Å². The molecule has 0 radical (unpaired) electrons. The maximum absolute atomic E-state index is 5.79. The molecule has 5 heteroatoms. The van der Waals surface area contributed by atoms with Gasteiger partial charge in [0.25, 0.3) is 5.89 Å². The molecule has 1 fully saturated rings. The van der Waals surface area contributed by atoms with Gasteiger partial charge in [-0.1, -0.05) is 31.1 Å². The summed E-state index contributed by atoms with van der Waals surface area (Å²) >= 11 is 0. The minimum absolute atomic E-state index is 0.244. The van der Waals surface area contributed by atoms with Crippen molar-refractivity contribution in [3.05, 3.63) is 36.0 Å². The molecule has 1 aromatic carbocycles. The van der Waals surface area contributed by atoms with Gasteiger partial charge in [0.15, 0.2) is 12.4 Å². The lowest BCUT2D eigenvalue weighted by atomic mass is 10.1. The summed E-state index contributed by atoms with van der Waals surface area (Å²) in [5.74, 6) is 2.31. The standard InChI is InChI=1S/C14H17N3O2/c1-14(2)7-9(14)13-16-12(19-17-13)8-18-11-6-4-3-5-10(11)15/h3-6,9H,7-8,15H2,1-2H3. The van der Waals surface area contributed by atoms with Crippen LogP contribution in [0.25, 0.3) is 0 Å². The van der Waals surface area contributed by atoms with Crippen LogP contribution in [0.2, 0.25) is 0 Å². The van der Waals surface area contributed by atoms with Crippen LogP contribution >= 0.6 is 0 Å². The predicted molar refractivity (Wildman–Crippen MR) is 70.6 cm³/mol. The van der Waals surface area contributed by atoms with Crippen molar-refractivity contribution in [3.8, 4) is 5.75 Å². The second kappa shape index (κ2) is 4.26. The molecule has 5 nitrogen and oxygen atoms in total. The summed E-state index contributed by atoms with van der Waals surface area (Å²) in [7, 11) is 0. The van der Waals surface area contributed by atoms with E-state index in [2.05, 4.69) is 24.0 Å². The summed E-state index contributed by atoms with van der Waals surface area (Å²) in [6.45, 7) is 4.65. The predicted octanol–water partition coefficient (Wildman–Crippen LogP) is 2.74. The van der Waals surface area contributed by atoms with Crippen LogP contribution in [0.15, 0.2) is 28.8 Å². The first kappa shape index (κ1) is 12.0. The van der Waals surface area contributed by atoms with Crippen molar-refractivity contribution in [2.75, 3.05) is 5.73 Å². The molecule has 0 spiro atoms. The molecular formula is C14H17N3O2. The number of nitrogens with zero attached hydrogens (tertiary/aromatic N) is 2. The van der Waals surface area contributed by atoms with Crippen LogP contribution in [0.5, 0.6) is 5.75 Å². The highest BCUT2D eigenvalue weighted by Crippen LogP contribution is 2.57. The monoisotopic (exact) mass is 259 g/mol. The van der Waals surface area contributed by atoms with E-state index in [-0.39, 0.29) is 6.61 Å². The maximum Gasteiger partial charge on any atom is 0.264 e. The molecule has 1 atom stereocenters. The smallest absolute Gasteiger partial charge is 0.264 e. The average molecular weight is 259 g/mol. The summed E-state index contributed by atoms with van der Waals surface area (Å²) in [6, 6.07) is 7.34. The van der Waals surface area contributed by atoms with Gasteiger partial charge in [-0.3, -0.25) is 0 Å². The van der Waals surface area contributed by atoms with E-state index in [9.17, 15) is 0 Å². The fraction of sp³-hybridized carbons (Fsp3) is 0.429. The zero-order valence-corrected chi connectivity index (χ0v) is 11.1. The third-order valence-corrected chi connectivity index (χ3v) is 3.58. The van der Waals surface area contributed by atoms with Crippen molar-refractivity contribution >= 4 is 5.69 Å². The number of hydrogen-bond donors (Lipinski definition) is 1. The van der Waals surface area contributed by atoms with Gasteiger partial charge in [-0.05, 0) is 24.0 Å². The number of hydrogen-bond acceptors (Lipinski definition) is 5. The zero-order valence-electron chi connectivity index (χ0n) is 11.1. The molecule has 0 aliphatic heterocycles. The molecule has 2 aromatic rings. The highest BCUT2D eigenvalue weighted by Gasteiger charge is 2.49. The van der Waals surface area contributed by atoms with E-state index in [1.165, 1.54) is 0 Å². The van der Waals surface area contributed by atoms with Gasteiger partial charge in [-0.25, -0.2) is 0 Å². The molecule has 1 saturated carbocycles. The molecule has 0 bridgehead atoms. The molecule has 3 rings (SSSR count). The van der Waals surface area contributed by atoms with E-state index < -0.39 is 0 Å². The van der Waals surface area contributed by atoms with Crippen molar-refractivity contribution < 1.29 is 9.26 Å². The van der Waals surface area contributed by atoms with E-state index in [4.69, 9.17) is 15.0 Å². The van der Waals surface area contributed by atoms with Gasteiger partial charge in [0.05, 0.1) is 5.69 Å². The van der Waals surface area contributed by atoms with Crippen LogP contribution in [0.3, 0.4) is 0 Å². The number of nitrogens with two attached hydrogens (primary N) is 1. The number of nitrogen functional groups attached to an aromatic ring is 1. The molecule has 0 amide bonds. The Hall–Kier alpha value is -2.04. The Kier molecular flexibility index (Phi) is 2.69. The van der Waals surface area contributed by atoms with Crippen molar-refractivity contribution in [2.24, 2.45) is 5.41 Å². The molecule has 1 heterocycles. The van der Waals surface area contributed by atoms with Gasteiger partial charge in [-0.2, -0.15) is 4.98 Å². The van der Waals surface area contributed by atoms with Gasteiger partial charge in [-0.15, -0.1) is 0 Å². The lowest BCUT2D eigenvalue weighted by Crippen LogP contribution is -1.99. The Morgan fingerprint density at radius 2 is 2.16 bits per heavy atom. The number of benzene rings is 1. The molecule has 100 valence electrons. The normalized spacial score (nSPS) is 20.2. The highest BCUT2D eigenvalue weighted by atomic mass is 16.5. The fourth-order valence-electron chi connectivity index (χ4n) is 2.13. The Labute approximate surface area is 111 Å². The second-order valence-corrected chi connectivity index (χ2v) is 5.62. The molecule has 1 aromatic heterocycles. The van der Waals surface area contributed by atoms with Crippen LogP contribution in [0, 0.1) is 5.41 Å². The fourth-order valence-corrected chi connectivity index (χ4v) is 2.13. The van der Waals surface area contributed by atoms with Gasteiger partial charge >= 0.3 is 0 Å². The van der Waals surface area contributed by atoms with Crippen LogP contribution in [-0.2, 0) is 6.61 Å². The molecular weight excluding hydrogens is 242 g/mol. The number of aromatic nitrogens is 2. The summed E-state index contributed by atoms with van der Waals surface area (Å²) in [4.78, 5) is 4.37. The molecule has 0 saturated heterocycles. The molecule has 1 unspecified atom stereocenters. The Morgan fingerprint density at radius 3 is 2.84 bits per heavy atom. The molecule has 19 heavy (non-hydrogen) atoms. The molecule has 1 aliphatic carbocycles. The van der Waals surface area contributed by atoms with E-state index in [0.717, 1.165) is 12.2 Å². The average Bonchev–Trinajstić information content (AvgIpc) is 2.82. The Morgan fingerprint density at radius 1 is 1.42 bits per heavy atom. The first-order valence-corrected chi connectivity index (χ1v) is 6.36. The lowest BCUT2D eigenvalue weighted by molar-refractivity contribution is 0.243. The number of rotatable bonds is 4. The quantitative estimate of drug-likeness (QED) is 0.854. The first-order chi connectivity index (χ1) is 9.06. The molecule has 2 N–H and O–H groups in total. The van der Waals surface area contributed by atoms with E-state index in [1.807, 2.05) is 18.2 Å². The lowest BCUT2D eigenvalue weighted by Gasteiger charge is -2.05. The SMILES string of the molecule is CC1(C)CC1c1noc(COc2ccccc2N)n1. The third kappa shape index (κ3) is 2.41. The first-order valence-electron chi connectivity index (χ1n) is 6.36. The summed E-state index contributed by atoms with van der Waals surface area (Å²) in [6.07, 6.45) is 1.11. The van der Waals surface area contributed by atoms with Crippen molar-refractivity contribution in [2.45, 2.75) is 32.8 Å². The number of para-hydroxylation sites is 2. The van der Waals surface area contributed by atoms with Crippen molar-refractivity contribution in [1.29, 1.82) is 0 Å². The molecule has 1 aliphatic rings. The second-order valence-electron chi connectivity index (χ2n) is 5.62. The largest absolute Gasteiger partial charge is 0.482 e. The number of anilines is 1. The van der Waals surface area contributed by atoms with E-state index in [1.54, 1.807) is 6.07 Å². The minimum atomic E-state index is 0.244. The van der Waals surface area contributed by atoms with Gasteiger partial charge in [0.2, 0.25) is 0 Å². The van der Waals surface area contributed by atoms with Crippen LogP contribution in [0.1, 0.15) is 37.9 Å². The highest BCUT2D eigenvalue weighted by molar-refractivity contribution is 5.51. The van der Waals surface area contributed by atoms with Gasteiger partial charge in [0, 0.05) is 5.92 Å². The van der Waals surface area contributed by atoms with Crippen molar-refractivity contribution in [3.63, 3.8) is 0 Å². The van der Waals surface area contributed by atoms with Crippen LogP contribution in [-0.4, -0.2) is 10.1 Å². The zero-order chi connectivity index (χ0) is 13.5.